The molecular weight excluding hydrogens is 216 g/mol. The van der Waals surface area contributed by atoms with Crippen LogP contribution in [0.1, 0.15) is 15.9 Å². The van der Waals surface area contributed by atoms with Gasteiger partial charge in [0.25, 0.3) is 5.91 Å². The highest BCUT2D eigenvalue weighted by Gasteiger charge is 2.09. The van der Waals surface area contributed by atoms with Crippen LogP contribution in [0, 0.1) is 6.92 Å². The van der Waals surface area contributed by atoms with Crippen LogP contribution in [0.3, 0.4) is 0 Å². The molecule has 5 nitrogen and oxygen atoms in total. The second-order valence-electron chi connectivity index (χ2n) is 3.66. The predicted octanol–water partition coefficient (Wildman–Crippen LogP) is 1.62. The monoisotopic (exact) mass is 228 g/mol. The summed E-state index contributed by atoms with van der Waals surface area (Å²) in [5.74, 6) is -0.218. The molecule has 86 valence electrons. The maximum atomic E-state index is 12.0. The Kier molecular flexibility index (Phi) is 3.00. The fourth-order valence-electron chi connectivity index (χ4n) is 1.45. The van der Waals surface area contributed by atoms with Gasteiger partial charge < -0.3 is 11.1 Å². The first-order chi connectivity index (χ1) is 8.16. The van der Waals surface area contributed by atoms with Crippen LogP contribution in [0.15, 0.2) is 36.9 Å². The topological polar surface area (TPSA) is 80.9 Å². The zero-order valence-electron chi connectivity index (χ0n) is 9.34. The molecule has 3 N–H and O–H groups in total. The largest absolute Gasteiger partial charge is 0.399 e. The summed E-state index contributed by atoms with van der Waals surface area (Å²) in [4.78, 5) is 19.6. The Labute approximate surface area is 98.7 Å². The molecule has 1 aromatic carbocycles. The van der Waals surface area contributed by atoms with Crippen LogP contribution in [0.4, 0.5) is 11.4 Å². The zero-order chi connectivity index (χ0) is 12.3. The van der Waals surface area contributed by atoms with Crippen molar-refractivity contribution in [3.8, 4) is 0 Å². The number of hydrogen-bond acceptors (Lipinski definition) is 4. The molecule has 0 saturated carbocycles. The quantitative estimate of drug-likeness (QED) is 0.765. The van der Waals surface area contributed by atoms with Crippen LogP contribution in [-0.4, -0.2) is 15.9 Å². The number of benzene rings is 1. The van der Waals surface area contributed by atoms with Crippen molar-refractivity contribution in [3.05, 3.63) is 48.0 Å². The molecule has 0 bridgehead atoms. The number of aromatic nitrogens is 2. The van der Waals surface area contributed by atoms with E-state index in [-0.39, 0.29) is 5.91 Å². The molecule has 2 rings (SSSR count). The van der Waals surface area contributed by atoms with Gasteiger partial charge in [-0.2, -0.15) is 0 Å². The number of carbonyl (C=O) groups excluding carboxylic acids is 1. The molecule has 0 unspecified atom stereocenters. The molecule has 0 fully saturated rings. The van der Waals surface area contributed by atoms with E-state index in [0.29, 0.717) is 16.9 Å². The van der Waals surface area contributed by atoms with Gasteiger partial charge in [0.15, 0.2) is 0 Å². The molecule has 1 heterocycles. The van der Waals surface area contributed by atoms with E-state index in [1.54, 1.807) is 12.1 Å². The lowest BCUT2D eigenvalue weighted by Crippen LogP contribution is -2.14. The van der Waals surface area contributed by atoms with E-state index in [1.165, 1.54) is 18.7 Å². The third-order valence-corrected chi connectivity index (χ3v) is 2.32. The SMILES string of the molecule is Cc1ccc(N)cc1C(=O)Nc1cncnc1. The van der Waals surface area contributed by atoms with Gasteiger partial charge in [-0.3, -0.25) is 4.79 Å². The van der Waals surface area contributed by atoms with Gasteiger partial charge >= 0.3 is 0 Å². The Morgan fingerprint density at radius 1 is 1.29 bits per heavy atom. The number of nitrogens with two attached hydrogens (primary N) is 1. The molecule has 2 aromatic rings. The molecule has 0 aliphatic carbocycles. The van der Waals surface area contributed by atoms with Crippen molar-refractivity contribution in [1.82, 2.24) is 9.97 Å². The highest BCUT2D eigenvalue weighted by atomic mass is 16.1. The van der Waals surface area contributed by atoms with Crippen molar-refractivity contribution in [2.24, 2.45) is 0 Å². The van der Waals surface area contributed by atoms with Gasteiger partial charge in [-0.05, 0) is 24.6 Å². The molecule has 0 spiro atoms. The molecule has 0 saturated heterocycles. The van der Waals surface area contributed by atoms with E-state index >= 15 is 0 Å². The van der Waals surface area contributed by atoms with Gasteiger partial charge in [0.2, 0.25) is 0 Å². The third-order valence-electron chi connectivity index (χ3n) is 2.32. The van der Waals surface area contributed by atoms with Crippen LogP contribution in [0.25, 0.3) is 0 Å². The van der Waals surface area contributed by atoms with Crippen molar-refractivity contribution in [2.75, 3.05) is 11.1 Å². The number of anilines is 2. The van der Waals surface area contributed by atoms with Gasteiger partial charge in [-0.15, -0.1) is 0 Å². The summed E-state index contributed by atoms with van der Waals surface area (Å²) in [5.41, 5.74) is 8.19. The van der Waals surface area contributed by atoms with Gasteiger partial charge in [0, 0.05) is 11.3 Å². The lowest BCUT2D eigenvalue weighted by molar-refractivity contribution is 0.102. The first-order valence-corrected chi connectivity index (χ1v) is 5.09. The molecule has 5 heteroatoms. The maximum absolute atomic E-state index is 12.0. The van der Waals surface area contributed by atoms with Gasteiger partial charge in [-0.25, -0.2) is 9.97 Å². The second kappa shape index (κ2) is 4.61. The summed E-state index contributed by atoms with van der Waals surface area (Å²) in [6.07, 6.45) is 4.47. The smallest absolute Gasteiger partial charge is 0.256 e. The first-order valence-electron chi connectivity index (χ1n) is 5.09. The Balaban J connectivity index is 2.23. The van der Waals surface area contributed by atoms with E-state index in [4.69, 9.17) is 5.73 Å². The summed E-state index contributed by atoms with van der Waals surface area (Å²) in [6.45, 7) is 1.86. The van der Waals surface area contributed by atoms with Crippen LogP contribution >= 0.6 is 0 Å². The highest BCUT2D eigenvalue weighted by Crippen LogP contribution is 2.14. The summed E-state index contributed by atoms with van der Waals surface area (Å²) >= 11 is 0. The average Bonchev–Trinajstić information content (AvgIpc) is 2.33. The van der Waals surface area contributed by atoms with Gasteiger partial charge in [0.05, 0.1) is 18.1 Å². The van der Waals surface area contributed by atoms with Crippen molar-refractivity contribution in [2.45, 2.75) is 6.92 Å². The number of rotatable bonds is 2. The minimum atomic E-state index is -0.218. The Morgan fingerprint density at radius 2 is 2.00 bits per heavy atom. The molecule has 1 amide bonds. The predicted molar refractivity (Wildman–Crippen MR) is 65.6 cm³/mol. The Bertz CT molecular complexity index is 539. The van der Waals surface area contributed by atoms with Crippen LogP contribution in [0.2, 0.25) is 0 Å². The van der Waals surface area contributed by atoms with Crippen molar-refractivity contribution >= 4 is 17.3 Å². The van der Waals surface area contributed by atoms with Crippen molar-refractivity contribution in [3.63, 3.8) is 0 Å². The van der Waals surface area contributed by atoms with Crippen LogP contribution < -0.4 is 11.1 Å². The molecule has 17 heavy (non-hydrogen) atoms. The lowest BCUT2D eigenvalue weighted by atomic mass is 10.1. The number of carbonyl (C=O) groups is 1. The fraction of sp³-hybridized carbons (Fsp3) is 0.0833. The molecule has 0 radical (unpaired) electrons. The Hall–Kier alpha value is -2.43. The normalized spacial score (nSPS) is 9.94. The van der Waals surface area contributed by atoms with Crippen LogP contribution in [0.5, 0.6) is 0 Å². The molecule has 1 aromatic heterocycles. The number of nitrogens with zero attached hydrogens (tertiary/aromatic N) is 2. The lowest BCUT2D eigenvalue weighted by Gasteiger charge is -2.07. The average molecular weight is 228 g/mol. The fourth-order valence-corrected chi connectivity index (χ4v) is 1.45. The zero-order valence-corrected chi connectivity index (χ0v) is 9.34. The standard InChI is InChI=1S/C12H12N4O/c1-8-2-3-9(13)4-11(8)12(17)16-10-5-14-7-15-6-10/h2-7H,13H2,1H3,(H,16,17). The van der Waals surface area contributed by atoms with Gasteiger partial charge in [-0.1, -0.05) is 6.07 Å². The van der Waals surface area contributed by atoms with Gasteiger partial charge in [0.1, 0.15) is 6.33 Å². The Morgan fingerprint density at radius 3 is 2.71 bits per heavy atom. The first kappa shape index (κ1) is 11.1. The van der Waals surface area contributed by atoms with Crippen molar-refractivity contribution < 1.29 is 4.79 Å². The number of hydrogen-bond donors (Lipinski definition) is 2. The van der Waals surface area contributed by atoms with E-state index in [0.717, 1.165) is 5.56 Å². The number of nitrogens with one attached hydrogen (secondary N) is 1. The van der Waals surface area contributed by atoms with Crippen molar-refractivity contribution in [1.29, 1.82) is 0 Å². The van der Waals surface area contributed by atoms with E-state index in [1.807, 2.05) is 13.0 Å². The molecule has 0 aliphatic rings. The van der Waals surface area contributed by atoms with E-state index in [2.05, 4.69) is 15.3 Å². The summed E-state index contributed by atoms with van der Waals surface area (Å²) in [5, 5.41) is 2.71. The summed E-state index contributed by atoms with van der Waals surface area (Å²) < 4.78 is 0. The minimum Gasteiger partial charge on any atom is -0.399 e. The molecule has 0 aliphatic heterocycles. The highest BCUT2D eigenvalue weighted by molar-refractivity contribution is 6.05. The molecule has 0 atom stereocenters. The molecular formula is C12H12N4O. The third kappa shape index (κ3) is 2.57. The number of amides is 1. The summed E-state index contributed by atoms with van der Waals surface area (Å²) in [6, 6.07) is 5.22. The maximum Gasteiger partial charge on any atom is 0.256 e. The van der Waals surface area contributed by atoms with Crippen LogP contribution in [-0.2, 0) is 0 Å². The van der Waals surface area contributed by atoms with E-state index in [9.17, 15) is 4.79 Å². The van der Waals surface area contributed by atoms with E-state index < -0.39 is 0 Å². The summed E-state index contributed by atoms with van der Waals surface area (Å²) in [7, 11) is 0. The number of nitrogen functional groups attached to an aromatic ring is 1. The number of aryl methyl sites for hydroxylation is 1. The second-order valence-corrected chi connectivity index (χ2v) is 3.66. The minimum absolute atomic E-state index is 0.218.